The average Bonchev–Trinajstić information content (AvgIpc) is 2.64. The topological polar surface area (TPSA) is 26.3 Å². The Bertz CT molecular complexity index is 917. The number of fused-ring (bicyclic) bond motifs is 1. The SMILES string of the molecule is CCCCCc1ccc(C(=O)Oc2ccc3cc(F)c(F)cc3c2)cc1. The molecule has 3 aromatic rings. The van der Waals surface area contributed by atoms with E-state index in [-0.39, 0.29) is 0 Å². The van der Waals surface area contributed by atoms with Gasteiger partial charge in [0.25, 0.3) is 0 Å². The number of carbonyl (C=O) groups excluding carboxylic acids is 1. The molecule has 0 unspecified atom stereocenters. The molecule has 0 aromatic heterocycles. The average molecular weight is 354 g/mol. The molecule has 2 nitrogen and oxygen atoms in total. The lowest BCUT2D eigenvalue weighted by Gasteiger charge is -2.07. The van der Waals surface area contributed by atoms with Crippen LogP contribution in [0, 0.1) is 11.6 Å². The highest BCUT2D eigenvalue weighted by Gasteiger charge is 2.10. The second-order valence-electron chi connectivity index (χ2n) is 6.32. The van der Waals surface area contributed by atoms with Crippen LogP contribution >= 0.6 is 0 Å². The zero-order valence-corrected chi connectivity index (χ0v) is 14.6. The van der Waals surface area contributed by atoms with Crippen molar-refractivity contribution in [1.29, 1.82) is 0 Å². The molecule has 0 amide bonds. The number of benzene rings is 3. The first-order chi connectivity index (χ1) is 12.6. The predicted molar refractivity (Wildman–Crippen MR) is 98.5 cm³/mol. The fraction of sp³-hybridized carbons (Fsp3) is 0.227. The molecule has 0 saturated carbocycles. The van der Waals surface area contributed by atoms with Crippen molar-refractivity contribution in [3.63, 3.8) is 0 Å². The van der Waals surface area contributed by atoms with Gasteiger partial charge in [-0.15, -0.1) is 0 Å². The van der Waals surface area contributed by atoms with E-state index in [9.17, 15) is 13.6 Å². The maximum atomic E-state index is 13.4. The van der Waals surface area contributed by atoms with Crippen molar-refractivity contribution in [1.82, 2.24) is 0 Å². The van der Waals surface area contributed by atoms with Gasteiger partial charge in [0.15, 0.2) is 11.6 Å². The van der Waals surface area contributed by atoms with Gasteiger partial charge in [0.1, 0.15) is 5.75 Å². The van der Waals surface area contributed by atoms with Gasteiger partial charge in [0, 0.05) is 0 Å². The molecular formula is C22H20F2O2. The third kappa shape index (κ3) is 4.26. The highest BCUT2D eigenvalue weighted by molar-refractivity contribution is 5.92. The van der Waals surface area contributed by atoms with E-state index >= 15 is 0 Å². The number of halogens is 2. The molecule has 26 heavy (non-hydrogen) atoms. The summed E-state index contributed by atoms with van der Waals surface area (Å²) in [6, 6.07) is 14.3. The first-order valence-corrected chi connectivity index (χ1v) is 8.77. The summed E-state index contributed by atoms with van der Waals surface area (Å²) in [5.74, 6) is -2.02. The van der Waals surface area contributed by atoms with Crippen LogP contribution in [0.4, 0.5) is 8.78 Å². The van der Waals surface area contributed by atoms with Crippen LogP contribution in [-0.4, -0.2) is 5.97 Å². The molecular weight excluding hydrogens is 334 g/mol. The van der Waals surface area contributed by atoms with Gasteiger partial charge in [0.05, 0.1) is 5.56 Å². The largest absolute Gasteiger partial charge is 0.423 e. The summed E-state index contributed by atoms with van der Waals surface area (Å²) in [5, 5.41) is 1.01. The van der Waals surface area contributed by atoms with Crippen LogP contribution in [0.25, 0.3) is 10.8 Å². The standard InChI is InChI=1S/C22H20F2O2/c1-2-3-4-5-15-6-8-16(9-7-15)22(25)26-19-11-10-17-13-20(23)21(24)14-18(17)12-19/h6-14H,2-5H2,1H3. The summed E-state index contributed by atoms with van der Waals surface area (Å²) in [7, 11) is 0. The Hall–Kier alpha value is -2.75. The number of aryl methyl sites for hydroxylation is 1. The third-order valence-corrected chi connectivity index (χ3v) is 4.32. The normalized spacial score (nSPS) is 10.9. The lowest BCUT2D eigenvalue weighted by molar-refractivity contribution is 0.0735. The summed E-state index contributed by atoms with van der Waals surface area (Å²) in [6.45, 7) is 2.16. The van der Waals surface area contributed by atoms with Gasteiger partial charge in [-0.1, -0.05) is 38.0 Å². The van der Waals surface area contributed by atoms with Crippen LogP contribution in [0.2, 0.25) is 0 Å². The second-order valence-corrected chi connectivity index (χ2v) is 6.32. The van der Waals surface area contributed by atoms with Gasteiger partial charge in [-0.2, -0.15) is 0 Å². The second kappa shape index (κ2) is 8.09. The minimum Gasteiger partial charge on any atom is -0.423 e. The molecule has 0 fully saturated rings. The van der Waals surface area contributed by atoms with Crippen molar-refractivity contribution in [2.24, 2.45) is 0 Å². The first kappa shape index (κ1) is 18.1. The summed E-state index contributed by atoms with van der Waals surface area (Å²) >= 11 is 0. The van der Waals surface area contributed by atoms with Crippen molar-refractivity contribution in [2.45, 2.75) is 32.6 Å². The fourth-order valence-corrected chi connectivity index (χ4v) is 2.84. The first-order valence-electron chi connectivity index (χ1n) is 8.77. The predicted octanol–water partition coefficient (Wildman–Crippen LogP) is 6.07. The Kier molecular flexibility index (Phi) is 5.61. The molecule has 0 aliphatic carbocycles. The van der Waals surface area contributed by atoms with Gasteiger partial charge in [-0.05, 0) is 65.6 Å². The van der Waals surface area contributed by atoms with Gasteiger partial charge in [0.2, 0.25) is 0 Å². The Morgan fingerprint density at radius 1 is 0.885 bits per heavy atom. The maximum Gasteiger partial charge on any atom is 0.343 e. The molecule has 0 N–H and O–H groups in total. The maximum absolute atomic E-state index is 13.4. The molecule has 0 saturated heterocycles. The van der Waals surface area contributed by atoms with Crippen LogP contribution in [-0.2, 0) is 6.42 Å². The number of hydrogen-bond donors (Lipinski definition) is 0. The zero-order valence-electron chi connectivity index (χ0n) is 14.6. The number of carbonyl (C=O) groups is 1. The molecule has 3 rings (SSSR count). The van der Waals surface area contributed by atoms with Crippen LogP contribution < -0.4 is 4.74 Å². The molecule has 134 valence electrons. The smallest absolute Gasteiger partial charge is 0.343 e. The molecule has 4 heteroatoms. The summed E-state index contributed by atoms with van der Waals surface area (Å²) in [6.07, 6.45) is 4.49. The van der Waals surface area contributed by atoms with Gasteiger partial charge >= 0.3 is 5.97 Å². The monoisotopic (exact) mass is 354 g/mol. The molecule has 0 heterocycles. The fourth-order valence-electron chi connectivity index (χ4n) is 2.84. The Balaban J connectivity index is 1.71. The number of hydrogen-bond acceptors (Lipinski definition) is 2. The quantitative estimate of drug-likeness (QED) is 0.305. The van der Waals surface area contributed by atoms with Crippen LogP contribution in [0.15, 0.2) is 54.6 Å². The summed E-state index contributed by atoms with van der Waals surface area (Å²) in [5.41, 5.74) is 1.65. The molecule has 0 aliphatic heterocycles. The Morgan fingerprint density at radius 3 is 2.27 bits per heavy atom. The van der Waals surface area contributed by atoms with Crippen molar-refractivity contribution in [3.05, 3.63) is 77.4 Å². The number of esters is 1. The van der Waals surface area contributed by atoms with E-state index in [2.05, 4.69) is 6.92 Å². The highest BCUT2D eigenvalue weighted by Crippen LogP contribution is 2.24. The lowest BCUT2D eigenvalue weighted by atomic mass is 10.1. The van der Waals surface area contributed by atoms with E-state index in [1.165, 1.54) is 24.5 Å². The highest BCUT2D eigenvalue weighted by atomic mass is 19.2. The van der Waals surface area contributed by atoms with Crippen LogP contribution in [0.3, 0.4) is 0 Å². The molecule has 0 radical (unpaired) electrons. The van der Waals surface area contributed by atoms with Gasteiger partial charge in [-0.3, -0.25) is 0 Å². The third-order valence-electron chi connectivity index (χ3n) is 4.32. The Morgan fingerprint density at radius 2 is 1.58 bits per heavy atom. The molecule has 0 atom stereocenters. The summed E-state index contributed by atoms with van der Waals surface area (Å²) < 4.78 is 32.0. The zero-order chi connectivity index (χ0) is 18.5. The number of ether oxygens (including phenoxy) is 1. The summed E-state index contributed by atoms with van der Waals surface area (Å²) in [4.78, 5) is 12.3. The molecule has 3 aromatic carbocycles. The van der Waals surface area contributed by atoms with E-state index in [1.54, 1.807) is 24.3 Å². The van der Waals surface area contributed by atoms with E-state index in [1.807, 2.05) is 12.1 Å². The van der Waals surface area contributed by atoms with Crippen LogP contribution in [0.1, 0.15) is 42.1 Å². The van der Waals surface area contributed by atoms with Crippen LogP contribution in [0.5, 0.6) is 5.75 Å². The molecule has 0 spiro atoms. The van der Waals surface area contributed by atoms with Crippen molar-refractivity contribution in [2.75, 3.05) is 0 Å². The lowest BCUT2D eigenvalue weighted by Crippen LogP contribution is -2.08. The molecule has 0 aliphatic rings. The Labute approximate surface area is 151 Å². The van der Waals surface area contributed by atoms with E-state index in [0.29, 0.717) is 22.1 Å². The minimum absolute atomic E-state index is 0.292. The van der Waals surface area contributed by atoms with E-state index in [0.717, 1.165) is 25.0 Å². The van der Waals surface area contributed by atoms with E-state index in [4.69, 9.17) is 4.74 Å². The van der Waals surface area contributed by atoms with Crippen molar-refractivity contribution < 1.29 is 18.3 Å². The van der Waals surface area contributed by atoms with Crippen molar-refractivity contribution in [3.8, 4) is 5.75 Å². The molecule has 0 bridgehead atoms. The van der Waals surface area contributed by atoms with Crippen molar-refractivity contribution >= 4 is 16.7 Å². The van der Waals surface area contributed by atoms with Gasteiger partial charge in [-0.25, -0.2) is 13.6 Å². The number of unbranched alkanes of at least 4 members (excludes halogenated alkanes) is 2. The van der Waals surface area contributed by atoms with Gasteiger partial charge < -0.3 is 4.74 Å². The minimum atomic E-state index is -0.931. The number of rotatable bonds is 6. The van der Waals surface area contributed by atoms with E-state index < -0.39 is 17.6 Å².